The quantitative estimate of drug-likeness (QED) is 0.463. The van der Waals surface area contributed by atoms with E-state index in [0.29, 0.717) is 12.8 Å². The highest BCUT2D eigenvalue weighted by molar-refractivity contribution is 5.69. The molecule has 16 heavy (non-hydrogen) atoms. The Hall–Kier alpha value is -0.570. The molecule has 1 atom stereocenters. The average molecular weight is 230 g/mol. The highest BCUT2D eigenvalue weighted by Crippen LogP contribution is 2.11. The van der Waals surface area contributed by atoms with Gasteiger partial charge in [0.2, 0.25) is 0 Å². The number of hydrogen-bond donors (Lipinski definition) is 1. The Morgan fingerprint density at radius 3 is 2.38 bits per heavy atom. The van der Waals surface area contributed by atoms with Gasteiger partial charge in [0, 0.05) is 6.42 Å². The van der Waals surface area contributed by atoms with Gasteiger partial charge in [-0.2, -0.15) is 0 Å². The van der Waals surface area contributed by atoms with Crippen molar-refractivity contribution in [2.24, 2.45) is 0 Å². The molecular weight excluding hydrogens is 204 g/mol. The van der Waals surface area contributed by atoms with E-state index in [4.69, 9.17) is 0 Å². The molecular formula is C13H26O3. The van der Waals surface area contributed by atoms with Gasteiger partial charge in [-0.3, -0.25) is 4.79 Å². The van der Waals surface area contributed by atoms with Gasteiger partial charge in [-0.15, -0.1) is 0 Å². The minimum Gasteiger partial charge on any atom is -0.469 e. The summed E-state index contributed by atoms with van der Waals surface area (Å²) in [6.45, 7) is 2.20. The minimum absolute atomic E-state index is 0.234. The molecule has 0 aliphatic rings. The van der Waals surface area contributed by atoms with Crippen LogP contribution in [-0.2, 0) is 9.53 Å². The Bertz CT molecular complexity index is 169. The van der Waals surface area contributed by atoms with Crippen LogP contribution < -0.4 is 0 Å². The minimum atomic E-state index is -0.342. The lowest BCUT2D eigenvalue weighted by molar-refractivity contribution is -0.141. The van der Waals surface area contributed by atoms with Gasteiger partial charge in [0.15, 0.2) is 0 Å². The molecule has 0 aromatic carbocycles. The molecule has 0 amide bonds. The summed E-state index contributed by atoms with van der Waals surface area (Å²) in [5, 5.41) is 9.59. The van der Waals surface area contributed by atoms with Gasteiger partial charge in [0.25, 0.3) is 0 Å². The molecule has 0 saturated carbocycles. The zero-order chi connectivity index (χ0) is 12.2. The Kier molecular flexibility index (Phi) is 10.5. The SMILES string of the molecule is CCCCCCCC[C@H](O)CCC(=O)OC. The summed E-state index contributed by atoms with van der Waals surface area (Å²) in [5.41, 5.74) is 0. The maximum Gasteiger partial charge on any atom is 0.305 e. The Balaban J connectivity index is 3.23. The summed E-state index contributed by atoms with van der Waals surface area (Å²) in [6.07, 6.45) is 8.71. The summed E-state index contributed by atoms with van der Waals surface area (Å²) in [6, 6.07) is 0. The fourth-order valence-corrected chi connectivity index (χ4v) is 1.69. The number of methoxy groups -OCH3 is 1. The fraction of sp³-hybridized carbons (Fsp3) is 0.923. The fourth-order valence-electron chi connectivity index (χ4n) is 1.69. The highest BCUT2D eigenvalue weighted by Gasteiger charge is 2.07. The van der Waals surface area contributed by atoms with Crippen LogP contribution in [0.25, 0.3) is 0 Å². The van der Waals surface area contributed by atoms with E-state index >= 15 is 0 Å². The highest BCUT2D eigenvalue weighted by atomic mass is 16.5. The summed E-state index contributed by atoms with van der Waals surface area (Å²) in [4.78, 5) is 10.8. The van der Waals surface area contributed by atoms with Gasteiger partial charge in [-0.05, 0) is 12.8 Å². The van der Waals surface area contributed by atoms with Crippen LogP contribution >= 0.6 is 0 Å². The average Bonchev–Trinajstić information content (AvgIpc) is 2.30. The van der Waals surface area contributed by atoms with E-state index in [9.17, 15) is 9.90 Å². The number of aliphatic hydroxyl groups excluding tert-OH is 1. The summed E-state index contributed by atoms with van der Waals surface area (Å²) < 4.78 is 4.52. The van der Waals surface area contributed by atoms with Gasteiger partial charge in [-0.1, -0.05) is 45.4 Å². The largest absolute Gasteiger partial charge is 0.469 e. The van der Waals surface area contributed by atoms with E-state index in [1.54, 1.807) is 0 Å². The zero-order valence-electron chi connectivity index (χ0n) is 10.7. The zero-order valence-corrected chi connectivity index (χ0v) is 10.7. The third kappa shape index (κ3) is 9.97. The molecule has 1 N–H and O–H groups in total. The molecule has 0 bridgehead atoms. The molecule has 0 saturated heterocycles. The number of aliphatic hydroxyl groups is 1. The van der Waals surface area contributed by atoms with Crippen molar-refractivity contribution in [1.29, 1.82) is 0 Å². The van der Waals surface area contributed by atoms with Crippen molar-refractivity contribution in [3.8, 4) is 0 Å². The van der Waals surface area contributed by atoms with Crippen LogP contribution in [0.15, 0.2) is 0 Å². The molecule has 0 spiro atoms. The number of carbonyl (C=O) groups excluding carboxylic acids is 1. The monoisotopic (exact) mass is 230 g/mol. The normalized spacial score (nSPS) is 12.4. The Morgan fingerprint density at radius 2 is 1.75 bits per heavy atom. The third-order valence-corrected chi connectivity index (χ3v) is 2.80. The third-order valence-electron chi connectivity index (χ3n) is 2.80. The van der Waals surface area contributed by atoms with Crippen molar-refractivity contribution in [3.05, 3.63) is 0 Å². The van der Waals surface area contributed by atoms with Crippen molar-refractivity contribution in [2.45, 2.75) is 70.8 Å². The van der Waals surface area contributed by atoms with Gasteiger partial charge in [-0.25, -0.2) is 0 Å². The Morgan fingerprint density at radius 1 is 1.12 bits per heavy atom. The van der Waals surface area contributed by atoms with E-state index in [0.717, 1.165) is 12.8 Å². The first kappa shape index (κ1) is 15.4. The smallest absolute Gasteiger partial charge is 0.305 e. The van der Waals surface area contributed by atoms with Crippen molar-refractivity contribution in [3.63, 3.8) is 0 Å². The van der Waals surface area contributed by atoms with Crippen LogP contribution in [0.2, 0.25) is 0 Å². The molecule has 0 heterocycles. The second kappa shape index (κ2) is 10.9. The first-order valence-corrected chi connectivity index (χ1v) is 6.45. The Labute approximate surface area is 99.2 Å². The van der Waals surface area contributed by atoms with Crippen LogP contribution in [0.3, 0.4) is 0 Å². The van der Waals surface area contributed by atoms with Crippen molar-refractivity contribution >= 4 is 5.97 Å². The van der Waals surface area contributed by atoms with Gasteiger partial charge >= 0.3 is 5.97 Å². The van der Waals surface area contributed by atoms with Gasteiger partial charge < -0.3 is 9.84 Å². The van der Waals surface area contributed by atoms with Gasteiger partial charge in [0.1, 0.15) is 0 Å². The first-order chi connectivity index (χ1) is 7.70. The van der Waals surface area contributed by atoms with Crippen LogP contribution in [0.1, 0.15) is 64.7 Å². The number of carbonyl (C=O) groups is 1. The maximum atomic E-state index is 10.8. The summed E-state index contributed by atoms with van der Waals surface area (Å²) in [7, 11) is 1.38. The van der Waals surface area contributed by atoms with E-state index in [1.807, 2.05) is 0 Å². The molecule has 3 nitrogen and oxygen atoms in total. The predicted octanol–water partition coefficient (Wildman–Crippen LogP) is 3.05. The van der Waals surface area contributed by atoms with E-state index in [-0.39, 0.29) is 12.1 Å². The summed E-state index contributed by atoms with van der Waals surface area (Å²) >= 11 is 0. The van der Waals surface area contributed by atoms with Crippen LogP contribution in [-0.4, -0.2) is 24.3 Å². The van der Waals surface area contributed by atoms with Crippen molar-refractivity contribution < 1.29 is 14.6 Å². The first-order valence-electron chi connectivity index (χ1n) is 6.45. The topological polar surface area (TPSA) is 46.5 Å². The lowest BCUT2D eigenvalue weighted by Crippen LogP contribution is -2.10. The van der Waals surface area contributed by atoms with Crippen LogP contribution in [0, 0.1) is 0 Å². The number of unbranched alkanes of at least 4 members (excludes halogenated alkanes) is 5. The molecule has 0 aromatic rings. The van der Waals surface area contributed by atoms with E-state index in [2.05, 4.69) is 11.7 Å². The van der Waals surface area contributed by atoms with Gasteiger partial charge in [0.05, 0.1) is 13.2 Å². The number of ether oxygens (including phenoxy) is 1. The van der Waals surface area contributed by atoms with Crippen molar-refractivity contribution in [2.75, 3.05) is 7.11 Å². The molecule has 0 rings (SSSR count). The lowest BCUT2D eigenvalue weighted by Gasteiger charge is -2.09. The second-order valence-electron chi connectivity index (χ2n) is 4.33. The molecule has 0 radical (unpaired) electrons. The number of esters is 1. The molecule has 0 aromatic heterocycles. The van der Waals surface area contributed by atoms with Crippen molar-refractivity contribution in [1.82, 2.24) is 0 Å². The van der Waals surface area contributed by atoms with Crippen LogP contribution in [0.4, 0.5) is 0 Å². The standard InChI is InChI=1S/C13H26O3/c1-3-4-5-6-7-8-9-12(14)10-11-13(15)16-2/h12,14H,3-11H2,1-2H3/t12-/m0/s1. The number of hydrogen-bond acceptors (Lipinski definition) is 3. The molecule has 96 valence electrons. The molecule has 0 aliphatic heterocycles. The molecule has 0 unspecified atom stereocenters. The van der Waals surface area contributed by atoms with E-state index in [1.165, 1.54) is 39.2 Å². The summed E-state index contributed by atoms with van der Waals surface area (Å²) in [5.74, 6) is -0.234. The predicted molar refractivity (Wildman–Crippen MR) is 65.2 cm³/mol. The maximum absolute atomic E-state index is 10.8. The second-order valence-corrected chi connectivity index (χ2v) is 4.33. The lowest BCUT2D eigenvalue weighted by atomic mass is 10.0. The molecule has 0 aliphatic carbocycles. The molecule has 3 heteroatoms. The number of rotatable bonds is 10. The molecule has 0 fully saturated rings. The van der Waals surface area contributed by atoms with Crippen LogP contribution in [0.5, 0.6) is 0 Å². The van der Waals surface area contributed by atoms with E-state index < -0.39 is 0 Å².